The van der Waals surface area contributed by atoms with Gasteiger partial charge in [0.15, 0.2) is 0 Å². The Bertz CT molecular complexity index is 2060. The number of amides is 3. The lowest BCUT2D eigenvalue weighted by Gasteiger charge is -2.32. The number of halogens is 3. The smallest absolute Gasteiger partial charge is 0.475 e. The average molecular weight is 838 g/mol. The van der Waals surface area contributed by atoms with E-state index in [1.54, 1.807) is 24.3 Å². The van der Waals surface area contributed by atoms with E-state index in [0.717, 1.165) is 54.0 Å². The fourth-order valence-corrected chi connectivity index (χ4v) is 6.88. The molecule has 2 aliphatic rings. The molecule has 322 valence electrons. The van der Waals surface area contributed by atoms with Gasteiger partial charge in [0.1, 0.15) is 11.4 Å². The number of aryl methyl sites for hydroxylation is 1. The van der Waals surface area contributed by atoms with Gasteiger partial charge in [0.25, 0.3) is 5.91 Å². The third-order valence-electron chi connectivity index (χ3n) is 10.0. The summed E-state index contributed by atoms with van der Waals surface area (Å²) in [6.07, 6.45) is -0.748. The number of rotatable bonds is 10. The third-order valence-corrected chi connectivity index (χ3v) is 10.0. The highest BCUT2D eigenvalue weighted by Crippen LogP contribution is 2.33. The summed E-state index contributed by atoms with van der Waals surface area (Å²) in [5, 5.41) is 24.1. The van der Waals surface area contributed by atoms with Gasteiger partial charge in [0, 0.05) is 42.9 Å². The number of aliphatic carboxylic acids is 1. The van der Waals surface area contributed by atoms with Crippen molar-refractivity contribution in [1.29, 1.82) is 0 Å². The van der Waals surface area contributed by atoms with Crippen molar-refractivity contribution in [1.82, 2.24) is 30.9 Å². The number of alkyl carbamates (subject to hydrolysis) is 1. The van der Waals surface area contributed by atoms with E-state index in [0.29, 0.717) is 49.7 Å². The number of carboxylic acid groups (broad SMARTS) is 1. The molecule has 2 aromatic carbocycles. The third kappa shape index (κ3) is 12.5. The quantitative estimate of drug-likeness (QED) is 0.156. The van der Waals surface area contributed by atoms with Crippen LogP contribution >= 0.6 is 0 Å². The molecule has 16 nitrogen and oxygen atoms in total. The SMILES string of the molecule is Cc1cc(N2CCOCC2)ncc1-c1ccc(C[C@H](N)C(=O)N(c2ccc(-c3nn[nH]n3)cc2)C(=O)[C@H]2CC[C@H](CNC(=O)OC(C)(C)C)CC2)cc1.O=C(O)C(F)(F)F. The maximum absolute atomic E-state index is 14.2. The number of hydrogen-bond acceptors (Lipinski definition) is 12. The monoisotopic (exact) mass is 837 g/mol. The number of pyridine rings is 1. The Labute approximate surface area is 345 Å². The van der Waals surface area contributed by atoms with Gasteiger partial charge in [-0.15, -0.1) is 10.2 Å². The Kier molecular flexibility index (Phi) is 14.9. The lowest BCUT2D eigenvalue weighted by Crippen LogP contribution is -2.50. The van der Waals surface area contributed by atoms with Gasteiger partial charge in [-0.05, 0) is 118 Å². The van der Waals surface area contributed by atoms with Crippen LogP contribution < -0.4 is 20.9 Å². The number of hydrogen-bond donors (Lipinski definition) is 4. The lowest BCUT2D eigenvalue weighted by atomic mass is 9.81. The summed E-state index contributed by atoms with van der Waals surface area (Å²) < 4.78 is 42.6. The minimum absolute atomic E-state index is 0.206. The van der Waals surface area contributed by atoms with Gasteiger partial charge < -0.3 is 30.5 Å². The molecule has 0 bridgehead atoms. The highest BCUT2D eigenvalue weighted by Gasteiger charge is 2.38. The van der Waals surface area contributed by atoms with Gasteiger partial charge >= 0.3 is 18.2 Å². The minimum Gasteiger partial charge on any atom is -0.475 e. The number of tetrazole rings is 1. The number of nitrogens with zero attached hydrogens (tertiary/aromatic N) is 6. The number of benzene rings is 2. The first-order valence-electron chi connectivity index (χ1n) is 19.5. The Morgan fingerprint density at radius 3 is 2.17 bits per heavy atom. The Balaban J connectivity index is 0.000000896. The number of imide groups is 1. The molecule has 6 rings (SSSR count). The van der Waals surface area contributed by atoms with Crippen LogP contribution in [0.2, 0.25) is 0 Å². The van der Waals surface area contributed by atoms with Gasteiger partial charge in [-0.3, -0.25) is 9.59 Å². The predicted octanol–water partition coefficient (Wildman–Crippen LogP) is 5.47. The molecule has 19 heteroatoms. The van der Waals surface area contributed by atoms with E-state index in [1.807, 2.05) is 51.2 Å². The van der Waals surface area contributed by atoms with Crippen LogP contribution in [0, 0.1) is 18.8 Å². The first-order chi connectivity index (χ1) is 28.4. The van der Waals surface area contributed by atoms with Crippen molar-refractivity contribution < 1.29 is 46.9 Å². The number of morpholine rings is 1. The van der Waals surface area contributed by atoms with Crippen LogP contribution in [0.3, 0.4) is 0 Å². The molecule has 2 fully saturated rings. The van der Waals surface area contributed by atoms with Crippen molar-refractivity contribution in [3.63, 3.8) is 0 Å². The molecule has 3 heterocycles. The van der Waals surface area contributed by atoms with Crippen molar-refractivity contribution >= 4 is 35.4 Å². The Morgan fingerprint density at radius 1 is 1.00 bits per heavy atom. The van der Waals surface area contributed by atoms with Gasteiger partial charge in [-0.1, -0.05) is 24.3 Å². The van der Waals surface area contributed by atoms with Crippen LogP contribution in [0.5, 0.6) is 0 Å². The number of H-pyrrole nitrogens is 1. The van der Waals surface area contributed by atoms with Crippen molar-refractivity contribution in [2.75, 3.05) is 42.6 Å². The van der Waals surface area contributed by atoms with E-state index in [9.17, 15) is 27.6 Å². The second-order valence-corrected chi connectivity index (χ2v) is 15.7. The first-order valence-corrected chi connectivity index (χ1v) is 19.5. The highest BCUT2D eigenvalue weighted by atomic mass is 19.4. The lowest BCUT2D eigenvalue weighted by molar-refractivity contribution is -0.192. The number of carboxylic acids is 1. The standard InChI is InChI=1S/C39H49N9O5.C2HF3O2/c1-25-21-34(47-17-19-52-20-18-47)41-24-32(25)28-9-5-26(6-10-28)22-33(40)37(50)48(31-15-13-29(14-16-31)35-43-45-46-44-35)36(49)30-11-7-27(8-12-30)23-42-38(51)53-39(2,3)4;3-2(4,5)1(6)7/h5-6,9-10,13-16,21,24,27,30,33H,7-8,11-12,17-20,22-23,40H2,1-4H3,(H,42,51)(H,43,44,45,46);(H,6,7)/t27-,30-,33-;/m0./s1. The normalized spacial score (nSPS) is 17.4. The van der Waals surface area contributed by atoms with Crippen LogP contribution in [-0.4, -0.2) is 105 Å². The van der Waals surface area contributed by atoms with E-state index >= 15 is 0 Å². The molecule has 1 atom stereocenters. The zero-order valence-corrected chi connectivity index (χ0v) is 33.9. The van der Waals surface area contributed by atoms with Crippen molar-refractivity contribution in [2.24, 2.45) is 17.6 Å². The van der Waals surface area contributed by atoms with Crippen LogP contribution in [0.25, 0.3) is 22.5 Å². The molecule has 1 aliphatic carbocycles. The largest absolute Gasteiger partial charge is 0.490 e. The molecule has 0 spiro atoms. The van der Waals surface area contributed by atoms with E-state index in [4.69, 9.17) is 30.1 Å². The van der Waals surface area contributed by atoms with Gasteiger partial charge in [0.2, 0.25) is 11.7 Å². The maximum Gasteiger partial charge on any atom is 0.490 e. The average Bonchev–Trinajstić information content (AvgIpc) is 3.76. The summed E-state index contributed by atoms with van der Waals surface area (Å²) in [4.78, 5) is 57.6. The van der Waals surface area contributed by atoms with Crippen molar-refractivity contribution in [2.45, 2.75) is 77.6 Å². The summed E-state index contributed by atoms with van der Waals surface area (Å²) in [6.45, 7) is 11.1. The number of nitrogens with two attached hydrogens (primary N) is 1. The Morgan fingerprint density at radius 2 is 1.62 bits per heavy atom. The zero-order chi connectivity index (χ0) is 43.6. The van der Waals surface area contributed by atoms with Gasteiger partial charge in [-0.25, -0.2) is 19.5 Å². The zero-order valence-electron chi connectivity index (χ0n) is 33.9. The summed E-state index contributed by atoms with van der Waals surface area (Å²) in [7, 11) is 0. The fraction of sp³-hybridized carbons (Fsp3) is 0.463. The van der Waals surface area contributed by atoms with Crippen LogP contribution in [0.4, 0.5) is 29.5 Å². The summed E-state index contributed by atoms with van der Waals surface area (Å²) >= 11 is 0. The molecule has 2 aromatic heterocycles. The number of carbonyl (C=O) groups excluding carboxylic acids is 3. The van der Waals surface area contributed by atoms with E-state index in [-0.39, 0.29) is 24.2 Å². The molecule has 1 saturated carbocycles. The summed E-state index contributed by atoms with van der Waals surface area (Å²) in [5.41, 5.74) is 11.2. The van der Waals surface area contributed by atoms with Crippen LogP contribution in [0.1, 0.15) is 57.6 Å². The molecule has 1 saturated heterocycles. The van der Waals surface area contributed by atoms with E-state index < -0.39 is 35.8 Å². The number of aromatic nitrogens is 5. The van der Waals surface area contributed by atoms with E-state index in [2.05, 4.69) is 43.8 Å². The van der Waals surface area contributed by atoms with Crippen LogP contribution in [-0.2, 0) is 30.3 Å². The highest BCUT2D eigenvalue weighted by molar-refractivity contribution is 6.17. The molecule has 0 unspecified atom stereocenters. The predicted molar refractivity (Wildman–Crippen MR) is 215 cm³/mol. The number of ether oxygens (including phenoxy) is 2. The van der Waals surface area contributed by atoms with Crippen molar-refractivity contribution in [3.05, 3.63) is 71.9 Å². The summed E-state index contributed by atoms with van der Waals surface area (Å²) in [6, 6.07) is 16.0. The van der Waals surface area contributed by atoms with Crippen LogP contribution in [0.15, 0.2) is 60.8 Å². The maximum atomic E-state index is 14.2. The molecule has 1 aliphatic heterocycles. The topological polar surface area (TPSA) is 219 Å². The van der Waals surface area contributed by atoms with Crippen molar-refractivity contribution in [3.8, 4) is 22.5 Å². The minimum atomic E-state index is -5.08. The second kappa shape index (κ2) is 19.9. The Hall–Kier alpha value is -5.95. The molecule has 4 aromatic rings. The fourth-order valence-electron chi connectivity index (χ4n) is 6.88. The van der Waals surface area contributed by atoms with E-state index in [1.165, 1.54) is 4.90 Å². The number of anilines is 2. The number of alkyl halides is 3. The van der Waals surface area contributed by atoms with Gasteiger partial charge in [-0.2, -0.15) is 18.4 Å². The second-order valence-electron chi connectivity index (χ2n) is 15.7. The van der Waals surface area contributed by atoms with Gasteiger partial charge in [0.05, 0.1) is 24.9 Å². The number of carbonyl (C=O) groups is 4. The molecule has 3 amide bonds. The number of aromatic amines is 1. The first kappa shape index (κ1) is 45.1. The molecular weight excluding hydrogens is 788 g/mol. The molecule has 60 heavy (non-hydrogen) atoms. The molecular formula is C41H50F3N9O7. The molecule has 5 N–H and O–H groups in total. The summed E-state index contributed by atoms with van der Waals surface area (Å²) in [5.74, 6) is -2.33. The molecule has 0 radical (unpaired) electrons. The number of nitrogens with one attached hydrogen (secondary N) is 2.